The van der Waals surface area contributed by atoms with Crippen molar-refractivity contribution in [3.63, 3.8) is 0 Å². The fourth-order valence-electron chi connectivity index (χ4n) is 2.28. The zero-order valence-electron chi connectivity index (χ0n) is 13.7. The van der Waals surface area contributed by atoms with Gasteiger partial charge in [-0.1, -0.05) is 31.5 Å². The van der Waals surface area contributed by atoms with Gasteiger partial charge in [-0.3, -0.25) is 0 Å². The van der Waals surface area contributed by atoms with Gasteiger partial charge in [-0.2, -0.15) is 0 Å². The van der Waals surface area contributed by atoms with E-state index >= 15 is 0 Å². The number of methoxy groups -OCH3 is 2. The molecule has 0 saturated heterocycles. The Morgan fingerprint density at radius 1 is 1.19 bits per heavy atom. The summed E-state index contributed by atoms with van der Waals surface area (Å²) in [5, 5.41) is 4.12. The molecule has 0 bridgehead atoms. The summed E-state index contributed by atoms with van der Waals surface area (Å²) in [4.78, 5) is 2.40. The van der Waals surface area contributed by atoms with Crippen LogP contribution in [0.15, 0.2) is 12.1 Å². The van der Waals surface area contributed by atoms with E-state index in [2.05, 4.69) is 31.0 Å². The van der Waals surface area contributed by atoms with E-state index in [1.807, 2.05) is 12.1 Å². The molecule has 120 valence electrons. The van der Waals surface area contributed by atoms with E-state index in [0.717, 1.165) is 25.2 Å². The lowest BCUT2D eigenvalue weighted by molar-refractivity contribution is 0.270. The van der Waals surface area contributed by atoms with Gasteiger partial charge in [0.05, 0.1) is 19.2 Å². The first-order valence-corrected chi connectivity index (χ1v) is 7.80. The van der Waals surface area contributed by atoms with Crippen molar-refractivity contribution in [1.82, 2.24) is 10.2 Å². The number of halogens is 1. The standard InChI is InChI=1S/C16H27ClN2O2/c1-6-19(7-2)11-12(3)18-10-13-8-9-14(20-4)16(21-5)15(13)17/h8-9,12,18H,6-7,10-11H2,1-5H3. The second kappa shape index (κ2) is 9.13. The summed E-state index contributed by atoms with van der Waals surface area (Å²) in [5.41, 5.74) is 1.01. The predicted molar refractivity (Wildman–Crippen MR) is 88.6 cm³/mol. The molecular formula is C16H27ClN2O2. The van der Waals surface area contributed by atoms with Gasteiger partial charge in [0, 0.05) is 19.1 Å². The number of nitrogens with zero attached hydrogens (tertiary/aromatic N) is 1. The summed E-state index contributed by atoms with van der Waals surface area (Å²) in [5.74, 6) is 1.25. The minimum absolute atomic E-state index is 0.397. The monoisotopic (exact) mass is 314 g/mol. The third-order valence-electron chi connectivity index (χ3n) is 3.63. The second-order valence-corrected chi connectivity index (χ2v) is 5.42. The Hall–Kier alpha value is -0.970. The molecule has 4 nitrogen and oxygen atoms in total. The van der Waals surface area contributed by atoms with E-state index in [1.54, 1.807) is 14.2 Å². The fourth-order valence-corrected chi connectivity index (χ4v) is 2.58. The molecule has 0 aliphatic rings. The topological polar surface area (TPSA) is 33.7 Å². The average Bonchev–Trinajstić information content (AvgIpc) is 2.50. The lowest BCUT2D eigenvalue weighted by Gasteiger charge is -2.24. The molecule has 1 aromatic carbocycles. The van der Waals surface area contributed by atoms with Gasteiger partial charge < -0.3 is 19.7 Å². The van der Waals surface area contributed by atoms with Crippen LogP contribution in [-0.2, 0) is 6.54 Å². The highest BCUT2D eigenvalue weighted by molar-refractivity contribution is 6.33. The summed E-state index contributed by atoms with van der Waals surface area (Å²) in [6.45, 7) is 10.4. The first-order valence-electron chi connectivity index (χ1n) is 7.42. The van der Waals surface area contributed by atoms with Gasteiger partial charge in [0.2, 0.25) is 0 Å². The number of hydrogen-bond acceptors (Lipinski definition) is 4. The van der Waals surface area contributed by atoms with Crippen LogP contribution < -0.4 is 14.8 Å². The molecule has 1 N–H and O–H groups in total. The lowest BCUT2D eigenvalue weighted by Crippen LogP contribution is -2.38. The van der Waals surface area contributed by atoms with Crippen LogP contribution in [0.5, 0.6) is 11.5 Å². The third kappa shape index (κ3) is 5.06. The number of benzene rings is 1. The minimum atomic E-state index is 0.397. The van der Waals surface area contributed by atoms with E-state index in [9.17, 15) is 0 Å². The fraction of sp³-hybridized carbons (Fsp3) is 0.625. The summed E-state index contributed by atoms with van der Waals surface area (Å²) in [6.07, 6.45) is 0. The second-order valence-electron chi connectivity index (χ2n) is 5.04. The number of ether oxygens (including phenoxy) is 2. The molecule has 0 fully saturated rings. The van der Waals surface area contributed by atoms with Crippen molar-refractivity contribution in [2.75, 3.05) is 33.9 Å². The van der Waals surface area contributed by atoms with Crippen LogP contribution in [0.25, 0.3) is 0 Å². The Morgan fingerprint density at radius 2 is 1.86 bits per heavy atom. The van der Waals surface area contributed by atoms with Crippen molar-refractivity contribution in [2.24, 2.45) is 0 Å². The predicted octanol–water partition coefficient (Wildman–Crippen LogP) is 3.18. The molecule has 0 radical (unpaired) electrons. The van der Waals surface area contributed by atoms with Crippen LogP contribution in [0.3, 0.4) is 0 Å². The van der Waals surface area contributed by atoms with Crippen LogP contribution in [0.2, 0.25) is 5.02 Å². The molecule has 0 aromatic heterocycles. The smallest absolute Gasteiger partial charge is 0.179 e. The summed E-state index contributed by atoms with van der Waals surface area (Å²) < 4.78 is 10.6. The molecule has 0 aliphatic carbocycles. The molecule has 0 saturated carbocycles. The Balaban J connectivity index is 2.67. The number of likely N-dealkylation sites (N-methyl/N-ethyl adjacent to an activating group) is 1. The van der Waals surface area contributed by atoms with Crippen LogP contribution >= 0.6 is 11.6 Å². The van der Waals surface area contributed by atoms with Crippen molar-refractivity contribution < 1.29 is 9.47 Å². The Labute approximate surface area is 133 Å². The van der Waals surface area contributed by atoms with E-state index < -0.39 is 0 Å². The lowest BCUT2D eigenvalue weighted by atomic mass is 10.1. The highest BCUT2D eigenvalue weighted by atomic mass is 35.5. The van der Waals surface area contributed by atoms with Crippen LogP contribution in [-0.4, -0.2) is 44.8 Å². The van der Waals surface area contributed by atoms with Crippen molar-refractivity contribution in [3.05, 3.63) is 22.7 Å². The van der Waals surface area contributed by atoms with E-state index in [1.165, 1.54) is 0 Å². The highest BCUT2D eigenvalue weighted by Crippen LogP contribution is 2.37. The molecule has 1 rings (SSSR count). The molecule has 1 unspecified atom stereocenters. The first-order chi connectivity index (χ1) is 10.1. The summed E-state index contributed by atoms with van der Waals surface area (Å²) in [6, 6.07) is 4.26. The molecular weight excluding hydrogens is 288 g/mol. The van der Waals surface area contributed by atoms with E-state index in [4.69, 9.17) is 21.1 Å². The maximum atomic E-state index is 6.38. The molecule has 1 atom stereocenters. The zero-order chi connectivity index (χ0) is 15.8. The van der Waals surface area contributed by atoms with Crippen molar-refractivity contribution in [2.45, 2.75) is 33.4 Å². The quantitative estimate of drug-likeness (QED) is 0.759. The Morgan fingerprint density at radius 3 is 2.38 bits per heavy atom. The molecule has 0 heterocycles. The maximum absolute atomic E-state index is 6.38. The molecule has 0 aliphatic heterocycles. The van der Waals surface area contributed by atoms with Crippen molar-refractivity contribution in [1.29, 1.82) is 0 Å². The normalized spacial score (nSPS) is 12.5. The minimum Gasteiger partial charge on any atom is -0.493 e. The SMILES string of the molecule is CCN(CC)CC(C)NCc1ccc(OC)c(OC)c1Cl. The highest BCUT2D eigenvalue weighted by Gasteiger charge is 2.14. The number of rotatable bonds is 9. The largest absolute Gasteiger partial charge is 0.493 e. The van der Waals surface area contributed by atoms with E-state index in [0.29, 0.717) is 29.1 Å². The van der Waals surface area contributed by atoms with Crippen LogP contribution in [0, 0.1) is 0 Å². The summed E-state index contributed by atoms with van der Waals surface area (Å²) in [7, 11) is 3.21. The van der Waals surface area contributed by atoms with Gasteiger partial charge in [-0.05, 0) is 31.6 Å². The first kappa shape index (κ1) is 18.1. The van der Waals surface area contributed by atoms with Crippen molar-refractivity contribution in [3.8, 4) is 11.5 Å². The van der Waals surface area contributed by atoms with E-state index in [-0.39, 0.29) is 0 Å². The number of hydrogen-bond donors (Lipinski definition) is 1. The summed E-state index contributed by atoms with van der Waals surface area (Å²) >= 11 is 6.38. The van der Waals surface area contributed by atoms with Crippen LogP contribution in [0.4, 0.5) is 0 Å². The molecule has 5 heteroatoms. The molecule has 0 amide bonds. The van der Waals surface area contributed by atoms with Gasteiger partial charge in [-0.15, -0.1) is 0 Å². The number of nitrogens with one attached hydrogen (secondary N) is 1. The van der Waals surface area contributed by atoms with Gasteiger partial charge in [0.1, 0.15) is 0 Å². The van der Waals surface area contributed by atoms with Crippen LogP contribution in [0.1, 0.15) is 26.3 Å². The maximum Gasteiger partial charge on any atom is 0.179 e. The van der Waals surface area contributed by atoms with Gasteiger partial charge in [0.15, 0.2) is 11.5 Å². The van der Waals surface area contributed by atoms with Gasteiger partial charge in [0.25, 0.3) is 0 Å². The molecule has 21 heavy (non-hydrogen) atoms. The third-order valence-corrected chi connectivity index (χ3v) is 4.05. The van der Waals surface area contributed by atoms with Crippen molar-refractivity contribution >= 4 is 11.6 Å². The van der Waals surface area contributed by atoms with Gasteiger partial charge >= 0.3 is 0 Å². The van der Waals surface area contributed by atoms with Gasteiger partial charge in [-0.25, -0.2) is 0 Å². The average molecular weight is 315 g/mol. The Bertz CT molecular complexity index is 437. The molecule has 0 spiro atoms. The molecule has 1 aromatic rings. The Kier molecular flexibility index (Phi) is 7.86. The zero-order valence-corrected chi connectivity index (χ0v) is 14.5.